The van der Waals surface area contributed by atoms with Gasteiger partial charge in [-0.3, -0.25) is 4.79 Å². The van der Waals surface area contributed by atoms with Crippen LogP contribution in [0.4, 0.5) is 10.1 Å². The van der Waals surface area contributed by atoms with Crippen molar-refractivity contribution >= 4 is 21.4 Å². The summed E-state index contributed by atoms with van der Waals surface area (Å²) in [5.74, 6) is -0.424. The number of amides is 1. The van der Waals surface area contributed by atoms with E-state index < -0.39 is 27.6 Å². The molecule has 0 radical (unpaired) electrons. The van der Waals surface area contributed by atoms with E-state index in [0.717, 1.165) is 5.41 Å². The van der Waals surface area contributed by atoms with Crippen LogP contribution in [0.3, 0.4) is 0 Å². The zero-order chi connectivity index (χ0) is 18.0. The predicted octanol–water partition coefficient (Wildman–Crippen LogP) is 2.79. The van der Waals surface area contributed by atoms with Crippen molar-refractivity contribution in [2.75, 3.05) is 17.8 Å². The molecule has 0 N–H and O–H groups in total. The summed E-state index contributed by atoms with van der Waals surface area (Å²) in [5.41, 5.74) is 0.803. The maximum absolute atomic E-state index is 13.1. The molecule has 0 fully saturated rings. The second kappa shape index (κ2) is 6.68. The van der Waals surface area contributed by atoms with Gasteiger partial charge in [0.25, 0.3) is 5.91 Å². The Bertz CT molecular complexity index is 905. The molecule has 0 saturated heterocycles. The Balaban J connectivity index is 2.00. The van der Waals surface area contributed by atoms with Gasteiger partial charge in [-0.25, -0.2) is 12.8 Å². The van der Waals surface area contributed by atoms with Crippen molar-refractivity contribution in [3.63, 3.8) is 0 Å². The third-order valence-electron chi connectivity index (χ3n) is 3.90. The van der Waals surface area contributed by atoms with Crippen molar-refractivity contribution < 1.29 is 22.3 Å². The number of anilines is 1. The van der Waals surface area contributed by atoms with Crippen LogP contribution in [0.25, 0.3) is 0 Å². The largest absolute Gasteiger partial charge is 0.497 e. The van der Waals surface area contributed by atoms with Crippen LogP contribution in [-0.2, 0) is 9.84 Å². The Morgan fingerprint density at radius 3 is 2.28 bits per heavy atom. The molecule has 5 nitrogen and oxygen atoms in total. The van der Waals surface area contributed by atoms with E-state index in [1.807, 2.05) is 0 Å². The summed E-state index contributed by atoms with van der Waals surface area (Å²) in [6.45, 7) is 0. The molecule has 25 heavy (non-hydrogen) atoms. The number of nitrogens with zero attached hydrogens (tertiary/aromatic N) is 1. The van der Waals surface area contributed by atoms with Crippen molar-refractivity contribution in [3.05, 3.63) is 71.4 Å². The lowest BCUT2D eigenvalue weighted by molar-refractivity contribution is 0.0983. The van der Waals surface area contributed by atoms with Crippen LogP contribution in [0.1, 0.15) is 10.4 Å². The summed E-state index contributed by atoms with van der Waals surface area (Å²) < 4.78 is 41.8. The van der Waals surface area contributed by atoms with Crippen LogP contribution >= 0.6 is 0 Å². The third-order valence-corrected chi connectivity index (χ3v) is 5.28. The fourth-order valence-electron chi connectivity index (χ4n) is 2.65. The first kappa shape index (κ1) is 17.2. The molecule has 1 aliphatic heterocycles. The summed E-state index contributed by atoms with van der Waals surface area (Å²) in [5, 5.41) is 1.12. The van der Waals surface area contributed by atoms with Crippen LogP contribution in [0.15, 0.2) is 60.0 Å². The minimum absolute atomic E-state index is 0.189. The lowest BCUT2D eigenvalue weighted by Gasteiger charge is -2.28. The van der Waals surface area contributed by atoms with Gasteiger partial charge in [0.15, 0.2) is 9.84 Å². The summed E-state index contributed by atoms with van der Waals surface area (Å²) in [6, 6.07) is 11.2. The molecule has 2 aromatic rings. The fraction of sp³-hybridized carbons (Fsp3) is 0.167. The second-order valence-electron chi connectivity index (χ2n) is 5.61. The number of rotatable bonds is 4. The van der Waals surface area contributed by atoms with E-state index in [1.165, 1.54) is 42.4 Å². The van der Waals surface area contributed by atoms with Gasteiger partial charge < -0.3 is 9.64 Å². The fourth-order valence-corrected chi connectivity index (χ4v) is 3.92. The molecule has 0 saturated carbocycles. The minimum atomic E-state index is -3.34. The predicted molar refractivity (Wildman–Crippen MR) is 92.9 cm³/mol. The molecule has 2 aromatic carbocycles. The molecule has 0 aliphatic carbocycles. The van der Waals surface area contributed by atoms with E-state index in [0.29, 0.717) is 11.4 Å². The Hall–Kier alpha value is -2.67. The van der Waals surface area contributed by atoms with Crippen LogP contribution in [0.2, 0.25) is 0 Å². The molecule has 1 aliphatic rings. The number of carbonyl (C=O) groups excluding carboxylic acids is 1. The van der Waals surface area contributed by atoms with Gasteiger partial charge in [-0.2, -0.15) is 0 Å². The highest BCUT2D eigenvalue weighted by Gasteiger charge is 2.32. The lowest BCUT2D eigenvalue weighted by atomic mass is 10.1. The van der Waals surface area contributed by atoms with Crippen molar-refractivity contribution in [2.24, 2.45) is 0 Å². The topological polar surface area (TPSA) is 63.7 Å². The van der Waals surface area contributed by atoms with E-state index in [9.17, 15) is 17.6 Å². The molecule has 3 rings (SSSR count). The lowest BCUT2D eigenvalue weighted by Crippen LogP contribution is -2.41. The summed E-state index contributed by atoms with van der Waals surface area (Å²) in [6.07, 6.45) is 1.49. The maximum atomic E-state index is 13.1. The second-order valence-corrected chi connectivity index (χ2v) is 7.54. The normalized spacial score (nSPS) is 18.1. The highest BCUT2D eigenvalue weighted by molar-refractivity contribution is 7.94. The molecule has 1 amide bonds. The molecular formula is C18H16FNO4S. The van der Waals surface area contributed by atoms with Gasteiger partial charge in [0, 0.05) is 16.7 Å². The van der Waals surface area contributed by atoms with Crippen LogP contribution < -0.4 is 9.64 Å². The molecule has 0 bridgehead atoms. The van der Waals surface area contributed by atoms with E-state index in [2.05, 4.69) is 0 Å². The summed E-state index contributed by atoms with van der Waals surface area (Å²) in [4.78, 5) is 14.3. The van der Waals surface area contributed by atoms with Crippen molar-refractivity contribution in [3.8, 4) is 5.75 Å². The Morgan fingerprint density at radius 2 is 1.76 bits per heavy atom. The molecule has 0 aromatic heterocycles. The molecule has 7 heteroatoms. The molecule has 0 spiro atoms. The van der Waals surface area contributed by atoms with Gasteiger partial charge in [0.1, 0.15) is 11.6 Å². The van der Waals surface area contributed by atoms with Crippen LogP contribution in [0.5, 0.6) is 5.75 Å². The zero-order valence-electron chi connectivity index (χ0n) is 13.4. The Kier molecular flexibility index (Phi) is 4.59. The SMILES string of the molecule is COc1ccc(N(C(=O)c2ccc(F)cc2)[C@@H]2C=CS(=O)(=O)C2)cc1. The van der Waals surface area contributed by atoms with Crippen LogP contribution in [-0.4, -0.2) is 33.2 Å². The van der Waals surface area contributed by atoms with Gasteiger partial charge >= 0.3 is 0 Å². The number of carbonyl (C=O) groups is 1. The number of sulfone groups is 1. The average Bonchev–Trinajstić information content (AvgIpc) is 2.96. The van der Waals surface area contributed by atoms with Crippen molar-refractivity contribution in [2.45, 2.75) is 6.04 Å². The number of hydrogen-bond donors (Lipinski definition) is 0. The molecule has 1 atom stereocenters. The molecule has 130 valence electrons. The first-order chi connectivity index (χ1) is 11.9. The summed E-state index contributed by atoms with van der Waals surface area (Å²) >= 11 is 0. The van der Waals surface area contributed by atoms with Gasteiger partial charge in [-0.05, 0) is 54.6 Å². The first-order valence-electron chi connectivity index (χ1n) is 7.54. The number of halogens is 1. The van der Waals surface area contributed by atoms with Gasteiger partial charge in [-0.15, -0.1) is 0 Å². The Morgan fingerprint density at radius 1 is 1.12 bits per heavy atom. The van der Waals surface area contributed by atoms with E-state index in [-0.39, 0.29) is 11.3 Å². The quantitative estimate of drug-likeness (QED) is 0.840. The van der Waals surface area contributed by atoms with E-state index >= 15 is 0 Å². The number of ether oxygens (including phenoxy) is 1. The number of benzene rings is 2. The number of hydrogen-bond acceptors (Lipinski definition) is 4. The van der Waals surface area contributed by atoms with Crippen molar-refractivity contribution in [1.82, 2.24) is 0 Å². The first-order valence-corrected chi connectivity index (χ1v) is 9.25. The molecular weight excluding hydrogens is 345 g/mol. The minimum Gasteiger partial charge on any atom is -0.497 e. The molecule has 1 heterocycles. The highest BCUT2D eigenvalue weighted by Crippen LogP contribution is 2.27. The zero-order valence-corrected chi connectivity index (χ0v) is 14.2. The van der Waals surface area contributed by atoms with Gasteiger partial charge in [-0.1, -0.05) is 0 Å². The Labute approximate surface area is 145 Å². The van der Waals surface area contributed by atoms with Gasteiger partial charge in [0.05, 0.1) is 18.9 Å². The van der Waals surface area contributed by atoms with Crippen LogP contribution in [0, 0.1) is 5.82 Å². The maximum Gasteiger partial charge on any atom is 0.258 e. The van der Waals surface area contributed by atoms with Gasteiger partial charge in [0.2, 0.25) is 0 Å². The summed E-state index contributed by atoms with van der Waals surface area (Å²) in [7, 11) is -1.81. The average molecular weight is 361 g/mol. The van der Waals surface area contributed by atoms with Crippen molar-refractivity contribution in [1.29, 1.82) is 0 Å². The van der Waals surface area contributed by atoms with E-state index in [4.69, 9.17) is 4.74 Å². The monoisotopic (exact) mass is 361 g/mol. The standard InChI is InChI=1S/C18H16FNO4S/c1-24-17-8-6-15(7-9-17)20(16-10-11-25(22,23)12-16)18(21)13-2-4-14(19)5-3-13/h2-11,16H,12H2,1H3/t16-/m1/s1. The smallest absolute Gasteiger partial charge is 0.258 e. The number of methoxy groups -OCH3 is 1. The molecule has 0 unspecified atom stereocenters. The highest BCUT2D eigenvalue weighted by atomic mass is 32.2. The third kappa shape index (κ3) is 3.71. The van der Waals surface area contributed by atoms with E-state index in [1.54, 1.807) is 24.3 Å².